The zero-order valence-corrected chi connectivity index (χ0v) is 14.1. The van der Waals surface area contributed by atoms with Gasteiger partial charge in [-0.15, -0.1) is 0 Å². The molecule has 1 fully saturated rings. The Labute approximate surface area is 140 Å². The zero-order valence-electron chi connectivity index (χ0n) is 13.3. The largest absolute Gasteiger partial charge is 0.316 e. The first kappa shape index (κ1) is 14.7. The Morgan fingerprint density at radius 3 is 2.87 bits per heavy atom. The van der Waals surface area contributed by atoms with Crippen LogP contribution < -0.4 is 5.32 Å². The fourth-order valence-electron chi connectivity index (χ4n) is 3.55. The normalized spacial score (nSPS) is 21.9. The number of hydrogen-bond donors (Lipinski definition) is 1. The van der Waals surface area contributed by atoms with E-state index >= 15 is 0 Å². The number of halogens is 1. The van der Waals surface area contributed by atoms with Crippen molar-refractivity contribution in [1.82, 2.24) is 24.9 Å². The molecule has 1 N–H and O–H groups in total. The predicted molar refractivity (Wildman–Crippen MR) is 92.2 cm³/mol. The lowest BCUT2D eigenvalue weighted by molar-refractivity contribution is 0.350. The van der Waals surface area contributed by atoms with Crippen molar-refractivity contribution in [3.8, 4) is 5.69 Å². The summed E-state index contributed by atoms with van der Waals surface area (Å²) in [5, 5.41) is 14.1. The minimum atomic E-state index is 0.491. The van der Waals surface area contributed by atoms with Crippen molar-refractivity contribution < 1.29 is 0 Å². The van der Waals surface area contributed by atoms with Crippen LogP contribution in [-0.4, -0.2) is 32.7 Å². The van der Waals surface area contributed by atoms with Crippen molar-refractivity contribution in [2.45, 2.75) is 19.3 Å². The van der Waals surface area contributed by atoms with E-state index in [2.05, 4.69) is 28.5 Å². The second-order valence-corrected chi connectivity index (χ2v) is 6.84. The van der Waals surface area contributed by atoms with E-state index in [0.29, 0.717) is 11.8 Å². The molecule has 0 saturated carbocycles. The maximum atomic E-state index is 6.59. The number of nitrogens with one attached hydrogen (secondary N) is 1. The number of aryl methyl sites for hydroxylation is 1. The Hall–Kier alpha value is -1.85. The van der Waals surface area contributed by atoms with Gasteiger partial charge in [-0.05, 0) is 49.0 Å². The number of piperidine rings is 1. The molecule has 2 unspecified atom stereocenters. The van der Waals surface area contributed by atoms with Crippen LogP contribution in [-0.2, 0) is 7.05 Å². The maximum Gasteiger partial charge on any atom is 0.103 e. The van der Waals surface area contributed by atoms with Gasteiger partial charge in [-0.25, -0.2) is 4.68 Å². The van der Waals surface area contributed by atoms with Crippen LogP contribution in [0.15, 0.2) is 30.7 Å². The zero-order chi connectivity index (χ0) is 16.0. The van der Waals surface area contributed by atoms with Gasteiger partial charge >= 0.3 is 0 Å². The first-order valence-electron chi connectivity index (χ1n) is 8.00. The molecule has 1 saturated heterocycles. The highest BCUT2D eigenvalue weighted by atomic mass is 35.5. The van der Waals surface area contributed by atoms with Crippen molar-refractivity contribution >= 4 is 22.5 Å². The first-order chi connectivity index (χ1) is 11.1. The molecule has 1 aliphatic rings. The Balaban J connectivity index is 1.84. The topological polar surface area (TPSA) is 47.7 Å². The van der Waals surface area contributed by atoms with E-state index in [-0.39, 0.29) is 0 Å². The van der Waals surface area contributed by atoms with Crippen LogP contribution in [0.5, 0.6) is 0 Å². The van der Waals surface area contributed by atoms with Crippen molar-refractivity contribution in [3.63, 3.8) is 0 Å². The summed E-state index contributed by atoms with van der Waals surface area (Å²) in [6.07, 6.45) is 6.78. The van der Waals surface area contributed by atoms with Gasteiger partial charge in [0.2, 0.25) is 0 Å². The summed E-state index contributed by atoms with van der Waals surface area (Å²) in [4.78, 5) is 0. The second-order valence-electron chi connectivity index (χ2n) is 6.44. The lowest BCUT2D eigenvalue weighted by Gasteiger charge is -2.30. The molecule has 0 radical (unpaired) electrons. The van der Waals surface area contributed by atoms with E-state index in [1.54, 1.807) is 4.68 Å². The molecule has 23 heavy (non-hydrogen) atoms. The van der Waals surface area contributed by atoms with Crippen LogP contribution in [0.1, 0.15) is 24.8 Å². The monoisotopic (exact) mass is 329 g/mol. The molecule has 2 aromatic heterocycles. The van der Waals surface area contributed by atoms with Gasteiger partial charge in [0.05, 0.1) is 24.1 Å². The highest BCUT2D eigenvalue weighted by molar-refractivity contribution is 6.32. The molecule has 6 heteroatoms. The van der Waals surface area contributed by atoms with E-state index in [9.17, 15) is 0 Å². The number of hydrogen-bond acceptors (Lipinski definition) is 3. The lowest BCUT2D eigenvalue weighted by atomic mass is 9.82. The summed E-state index contributed by atoms with van der Waals surface area (Å²) in [5.74, 6) is 1.07. The van der Waals surface area contributed by atoms with E-state index in [1.165, 1.54) is 5.56 Å². The molecule has 0 spiro atoms. The molecular weight excluding hydrogens is 310 g/mol. The highest BCUT2D eigenvalue weighted by Crippen LogP contribution is 2.37. The maximum absolute atomic E-state index is 6.59. The molecule has 0 amide bonds. The number of benzene rings is 1. The Kier molecular flexibility index (Phi) is 3.62. The number of rotatable bonds is 2. The molecule has 120 valence electrons. The van der Waals surface area contributed by atoms with Gasteiger partial charge < -0.3 is 5.32 Å². The third kappa shape index (κ3) is 2.54. The van der Waals surface area contributed by atoms with Gasteiger partial charge in [-0.3, -0.25) is 4.68 Å². The number of aromatic nitrogens is 4. The van der Waals surface area contributed by atoms with E-state index in [1.807, 2.05) is 36.4 Å². The Morgan fingerprint density at radius 2 is 2.13 bits per heavy atom. The molecule has 3 aromatic rings. The van der Waals surface area contributed by atoms with Gasteiger partial charge in [0.1, 0.15) is 5.69 Å². The van der Waals surface area contributed by atoms with E-state index in [4.69, 9.17) is 11.6 Å². The van der Waals surface area contributed by atoms with Crippen molar-refractivity contribution in [2.24, 2.45) is 13.0 Å². The van der Waals surface area contributed by atoms with Gasteiger partial charge in [-0.1, -0.05) is 18.5 Å². The summed E-state index contributed by atoms with van der Waals surface area (Å²) in [7, 11) is 1.91. The van der Waals surface area contributed by atoms with Gasteiger partial charge in [0.15, 0.2) is 0 Å². The van der Waals surface area contributed by atoms with E-state index in [0.717, 1.165) is 41.1 Å². The highest BCUT2D eigenvalue weighted by Gasteiger charge is 2.25. The predicted octanol–water partition coefficient (Wildman–Crippen LogP) is 3.13. The summed E-state index contributed by atoms with van der Waals surface area (Å²) >= 11 is 6.59. The van der Waals surface area contributed by atoms with Gasteiger partial charge in [0, 0.05) is 17.5 Å². The average molecular weight is 330 g/mol. The summed E-state index contributed by atoms with van der Waals surface area (Å²) in [6, 6.07) is 4.25. The van der Waals surface area contributed by atoms with Crippen LogP contribution in [0.4, 0.5) is 0 Å². The summed E-state index contributed by atoms with van der Waals surface area (Å²) < 4.78 is 3.72. The van der Waals surface area contributed by atoms with Crippen LogP contribution in [0, 0.1) is 5.92 Å². The smallest absolute Gasteiger partial charge is 0.103 e. The quantitative estimate of drug-likeness (QED) is 0.785. The summed E-state index contributed by atoms with van der Waals surface area (Å²) in [5.41, 5.74) is 3.29. The third-order valence-corrected chi connectivity index (χ3v) is 5.13. The van der Waals surface area contributed by atoms with Crippen molar-refractivity contribution in [2.75, 3.05) is 13.1 Å². The van der Waals surface area contributed by atoms with Gasteiger partial charge in [-0.2, -0.15) is 10.2 Å². The molecule has 0 aliphatic carbocycles. The van der Waals surface area contributed by atoms with Gasteiger partial charge in [0.25, 0.3) is 0 Å². The van der Waals surface area contributed by atoms with Crippen LogP contribution >= 0.6 is 11.6 Å². The Morgan fingerprint density at radius 1 is 1.26 bits per heavy atom. The average Bonchev–Trinajstić information content (AvgIpc) is 3.13. The van der Waals surface area contributed by atoms with Crippen molar-refractivity contribution in [1.29, 1.82) is 0 Å². The fraction of sp³-hybridized carbons (Fsp3) is 0.412. The standard InChI is InChI=1S/C17H20ClN5/c1-11-7-19-4-3-14(11)15-6-17-12(5-16(15)18)8-21-23(17)13-9-20-22(2)10-13/h5-6,8-11,14,19H,3-4,7H2,1-2H3. The molecule has 1 aliphatic heterocycles. The second kappa shape index (κ2) is 5.65. The molecular formula is C17H20ClN5. The lowest BCUT2D eigenvalue weighted by Crippen LogP contribution is -2.33. The third-order valence-electron chi connectivity index (χ3n) is 4.81. The van der Waals surface area contributed by atoms with E-state index < -0.39 is 0 Å². The number of nitrogens with zero attached hydrogens (tertiary/aromatic N) is 4. The first-order valence-corrected chi connectivity index (χ1v) is 8.38. The minimum absolute atomic E-state index is 0.491. The van der Waals surface area contributed by atoms with Crippen LogP contribution in [0.2, 0.25) is 5.02 Å². The molecule has 2 atom stereocenters. The number of fused-ring (bicyclic) bond motifs is 1. The molecule has 4 rings (SSSR count). The summed E-state index contributed by atoms with van der Waals surface area (Å²) in [6.45, 7) is 4.38. The fourth-order valence-corrected chi connectivity index (χ4v) is 3.86. The molecule has 1 aromatic carbocycles. The van der Waals surface area contributed by atoms with Crippen LogP contribution in [0.3, 0.4) is 0 Å². The molecule has 0 bridgehead atoms. The SMILES string of the molecule is CC1CNCCC1c1cc2c(cnn2-c2cnn(C)c2)cc1Cl. The van der Waals surface area contributed by atoms with Crippen molar-refractivity contribution in [3.05, 3.63) is 41.3 Å². The molecule has 3 heterocycles. The molecule has 5 nitrogen and oxygen atoms in total. The van der Waals surface area contributed by atoms with Crippen LogP contribution in [0.25, 0.3) is 16.6 Å². The minimum Gasteiger partial charge on any atom is -0.316 e. The Bertz CT molecular complexity index is 850.